The van der Waals surface area contributed by atoms with E-state index in [1.165, 1.54) is 0 Å². The summed E-state index contributed by atoms with van der Waals surface area (Å²) >= 11 is 3.29. The van der Waals surface area contributed by atoms with Crippen LogP contribution in [0.25, 0.3) is 0 Å². The minimum Gasteiger partial charge on any atom is -0.383 e. The summed E-state index contributed by atoms with van der Waals surface area (Å²) in [7, 11) is 1.63. The van der Waals surface area contributed by atoms with Gasteiger partial charge in [0.15, 0.2) is 0 Å². The van der Waals surface area contributed by atoms with Gasteiger partial charge < -0.3 is 15.0 Å². The van der Waals surface area contributed by atoms with Crippen LogP contribution in [0.15, 0.2) is 16.7 Å². The van der Waals surface area contributed by atoms with E-state index in [9.17, 15) is 4.79 Å². The Kier molecular flexibility index (Phi) is 5.02. The second kappa shape index (κ2) is 6.06. The van der Waals surface area contributed by atoms with Crippen molar-refractivity contribution in [2.24, 2.45) is 5.92 Å². The molecule has 0 bridgehead atoms. The molecule has 5 heteroatoms. The first kappa shape index (κ1) is 13.3. The molecule has 1 unspecified atom stereocenters. The Balaban J connectivity index is 2.61. The molecule has 0 fully saturated rings. The van der Waals surface area contributed by atoms with E-state index in [0.29, 0.717) is 18.2 Å². The molecule has 90 valence electrons. The molecule has 1 atom stereocenters. The van der Waals surface area contributed by atoms with E-state index in [-0.39, 0.29) is 11.9 Å². The molecule has 2 N–H and O–H groups in total. The van der Waals surface area contributed by atoms with E-state index >= 15 is 0 Å². The van der Waals surface area contributed by atoms with Gasteiger partial charge in [0, 0.05) is 17.8 Å². The van der Waals surface area contributed by atoms with Gasteiger partial charge in [-0.2, -0.15) is 0 Å². The zero-order valence-corrected chi connectivity index (χ0v) is 11.3. The van der Waals surface area contributed by atoms with Gasteiger partial charge in [-0.05, 0) is 27.9 Å². The highest BCUT2D eigenvalue weighted by atomic mass is 79.9. The molecule has 1 rings (SSSR count). The first-order chi connectivity index (χ1) is 7.54. The number of aromatic amines is 1. The number of amides is 1. The predicted molar refractivity (Wildman–Crippen MR) is 66.5 cm³/mol. The summed E-state index contributed by atoms with van der Waals surface area (Å²) in [6, 6.07) is 1.78. The van der Waals surface area contributed by atoms with Crippen LogP contribution in [0.1, 0.15) is 24.3 Å². The minimum atomic E-state index is -0.110. The van der Waals surface area contributed by atoms with E-state index in [0.717, 1.165) is 4.47 Å². The van der Waals surface area contributed by atoms with Crippen molar-refractivity contribution in [1.82, 2.24) is 10.3 Å². The molecule has 4 nitrogen and oxygen atoms in total. The highest BCUT2D eigenvalue weighted by Crippen LogP contribution is 2.11. The minimum absolute atomic E-state index is 0.0274. The highest BCUT2D eigenvalue weighted by molar-refractivity contribution is 9.10. The van der Waals surface area contributed by atoms with Crippen molar-refractivity contribution in [3.05, 3.63) is 22.4 Å². The number of carbonyl (C=O) groups excluding carboxylic acids is 1. The smallest absolute Gasteiger partial charge is 0.268 e. The van der Waals surface area contributed by atoms with Crippen LogP contribution in [0, 0.1) is 5.92 Å². The van der Waals surface area contributed by atoms with Gasteiger partial charge in [0.2, 0.25) is 0 Å². The van der Waals surface area contributed by atoms with Gasteiger partial charge >= 0.3 is 0 Å². The highest BCUT2D eigenvalue weighted by Gasteiger charge is 2.17. The summed E-state index contributed by atoms with van der Waals surface area (Å²) in [4.78, 5) is 14.7. The Hall–Kier alpha value is -0.810. The molecule has 0 aliphatic heterocycles. The standard InChI is InChI=1S/C11H17BrN2O2/c1-7(2)10(6-16-3)14-11(15)9-4-8(12)5-13-9/h4-5,7,10,13H,6H2,1-3H3,(H,14,15). The Morgan fingerprint density at radius 2 is 2.31 bits per heavy atom. The van der Waals surface area contributed by atoms with Crippen molar-refractivity contribution in [1.29, 1.82) is 0 Å². The third-order valence-electron chi connectivity index (χ3n) is 2.36. The molecule has 16 heavy (non-hydrogen) atoms. The van der Waals surface area contributed by atoms with Gasteiger partial charge in [-0.1, -0.05) is 13.8 Å². The van der Waals surface area contributed by atoms with Gasteiger partial charge in [0.1, 0.15) is 5.69 Å². The van der Waals surface area contributed by atoms with E-state index in [1.807, 2.05) is 0 Å². The van der Waals surface area contributed by atoms with Gasteiger partial charge in [0.05, 0.1) is 12.6 Å². The molecule has 0 aliphatic rings. The van der Waals surface area contributed by atoms with Crippen molar-refractivity contribution in [3.8, 4) is 0 Å². The van der Waals surface area contributed by atoms with Crippen molar-refractivity contribution in [3.63, 3.8) is 0 Å². The van der Waals surface area contributed by atoms with E-state index in [4.69, 9.17) is 4.74 Å². The van der Waals surface area contributed by atoms with Gasteiger partial charge in [0.25, 0.3) is 5.91 Å². The van der Waals surface area contributed by atoms with Gasteiger partial charge in [-0.3, -0.25) is 4.79 Å². The van der Waals surface area contributed by atoms with Crippen LogP contribution < -0.4 is 5.32 Å². The quantitative estimate of drug-likeness (QED) is 0.873. The van der Waals surface area contributed by atoms with Crippen molar-refractivity contribution < 1.29 is 9.53 Å². The van der Waals surface area contributed by atoms with Crippen LogP contribution in [-0.2, 0) is 4.74 Å². The topological polar surface area (TPSA) is 54.1 Å². The van der Waals surface area contributed by atoms with Crippen LogP contribution in [-0.4, -0.2) is 30.6 Å². The summed E-state index contributed by atoms with van der Waals surface area (Å²) < 4.78 is 5.94. The first-order valence-electron chi connectivity index (χ1n) is 5.18. The maximum Gasteiger partial charge on any atom is 0.268 e. The molecule has 0 saturated heterocycles. The predicted octanol–water partition coefficient (Wildman–Crippen LogP) is 2.18. The molecule has 1 aromatic heterocycles. The Morgan fingerprint density at radius 3 is 2.75 bits per heavy atom. The lowest BCUT2D eigenvalue weighted by molar-refractivity contribution is 0.0862. The number of H-pyrrole nitrogens is 1. The monoisotopic (exact) mass is 288 g/mol. The van der Waals surface area contributed by atoms with Gasteiger partial charge in [-0.15, -0.1) is 0 Å². The summed E-state index contributed by atoms with van der Waals surface area (Å²) in [5.41, 5.74) is 0.550. The number of nitrogens with one attached hydrogen (secondary N) is 2. The molecular weight excluding hydrogens is 272 g/mol. The Morgan fingerprint density at radius 1 is 1.62 bits per heavy atom. The van der Waals surface area contributed by atoms with Gasteiger partial charge in [-0.25, -0.2) is 0 Å². The number of halogens is 1. The molecule has 0 spiro atoms. The lowest BCUT2D eigenvalue weighted by atomic mass is 10.1. The number of ether oxygens (including phenoxy) is 1. The molecule has 0 saturated carbocycles. The number of hydrogen-bond acceptors (Lipinski definition) is 2. The maximum absolute atomic E-state index is 11.8. The molecular formula is C11H17BrN2O2. The Bertz CT molecular complexity index is 350. The fourth-order valence-electron chi connectivity index (χ4n) is 1.33. The second-order valence-corrected chi connectivity index (χ2v) is 4.93. The molecule has 1 heterocycles. The third-order valence-corrected chi connectivity index (χ3v) is 2.82. The molecule has 0 radical (unpaired) electrons. The van der Waals surface area contributed by atoms with Crippen LogP contribution in [0.2, 0.25) is 0 Å². The number of hydrogen-bond donors (Lipinski definition) is 2. The lowest BCUT2D eigenvalue weighted by Crippen LogP contribution is -2.41. The SMILES string of the molecule is COCC(NC(=O)c1cc(Br)c[nH]1)C(C)C. The van der Waals surface area contributed by atoms with Crippen molar-refractivity contribution in [2.45, 2.75) is 19.9 Å². The second-order valence-electron chi connectivity index (χ2n) is 4.01. The third kappa shape index (κ3) is 3.64. The number of rotatable bonds is 5. The molecule has 0 aromatic carbocycles. The van der Waals surface area contributed by atoms with Crippen LogP contribution >= 0.6 is 15.9 Å². The summed E-state index contributed by atoms with van der Waals surface area (Å²) in [5, 5.41) is 2.93. The molecule has 1 amide bonds. The first-order valence-corrected chi connectivity index (χ1v) is 5.97. The number of aromatic nitrogens is 1. The van der Waals surface area contributed by atoms with E-state index < -0.39 is 0 Å². The van der Waals surface area contributed by atoms with Crippen LogP contribution in [0.5, 0.6) is 0 Å². The van der Waals surface area contributed by atoms with E-state index in [2.05, 4.69) is 40.1 Å². The number of methoxy groups -OCH3 is 1. The number of carbonyl (C=O) groups is 1. The lowest BCUT2D eigenvalue weighted by Gasteiger charge is -2.21. The zero-order valence-electron chi connectivity index (χ0n) is 9.71. The zero-order chi connectivity index (χ0) is 12.1. The largest absolute Gasteiger partial charge is 0.383 e. The maximum atomic E-state index is 11.8. The average molecular weight is 289 g/mol. The van der Waals surface area contributed by atoms with Crippen molar-refractivity contribution >= 4 is 21.8 Å². The molecule has 0 aliphatic carbocycles. The fraction of sp³-hybridized carbons (Fsp3) is 0.545. The molecule has 1 aromatic rings. The van der Waals surface area contributed by atoms with Crippen LogP contribution in [0.3, 0.4) is 0 Å². The average Bonchev–Trinajstić information content (AvgIpc) is 2.64. The van der Waals surface area contributed by atoms with E-state index in [1.54, 1.807) is 19.4 Å². The summed E-state index contributed by atoms with van der Waals surface area (Å²) in [5.74, 6) is 0.226. The normalized spacial score (nSPS) is 12.8. The summed E-state index contributed by atoms with van der Waals surface area (Å²) in [6.45, 7) is 4.62. The summed E-state index contributed by atoms with van der Waals surface area (Å²) in [6.07, 6.45) is 1.73. The van der Waals surface area contributed by atoms with Crippen LogP contribution in [0.4, 0.5) is 0 Å². The van der Waals surface area contributed by atoms with Crippen molar-refractivity contribution in [2.75, 3.05) is 13.7 Å². The fourth-order valence-corrected chi connectivity index (χ4v) is 1.67. The Labute approximate surface area is 104 Å².